The van der Waals surface area contributed by atoms with Crippen LogP contribution in [0, 0.1) is 0 Å². The topological polar surface area (TPSA) is 23.5 Å². The number of hydrogen-bond donors (Lipinski definition) is 1. The summed E-state index contributed by atoms with van der Waals surface area (Å²) >= 11 is 0. The van der Waals surface area contributed by atoms with Gasteiger partial charge < -0.3 is 10.0 Å². The summed E-state index contributed by atoms with van der Waals surface area (Å²) in [6.45, 7) is 0.0287. The summed E-state index contributed by atoms with van der Waals surface area (Å²) in [6.07, 6.45) is -2.00. The molecule has 0 radical (unpaired) electrons. The van der Waals surface area contributed by atoms with Crippen LogP contribution in [0.4, 0.5) is 13.2 Å². The van der Waals surface area contributed by atoms with Crippen LogP contribution >= 0.6 is 0 Å². The van der Waals surface area contributed by atoms with Crippen molar-refractivity contribution < 1.29 is 18.3 Å². The first-order chi connectivity index (χ1) is 6.88. The average Bonchev–Trinajstić information content (AvgIpc) is 2.13. The molecule has 0 bridgehead atoms. The van der Waals surface area contributed by atoms with E-state index < -0.39 is 12.6 Å². The molecule has 1 N–H and O–H groups in total. The van der Waals surface area contributed by atoms with Crippen LogP contribution in [-0.4, -0.2) is 41.9 Å². The zero-order valence-electron chi connectivity index (χ0n) is 8.93. The monoisotopic (exact) mass is 225 g/mol. The van der Waals surface area contributed by atoms with E-state index in [1.807, 2.05) is 0 Å². The van der Waals surface area contributed by atoms with E-state index in [0.29, 0.717) is 6.42 Å². The second-order valence-corrected chi connectivity index (χ2v) is 4.32. The number of halogens is 3. The van der Waals surface area contributed by atoms with E-state index in [1.54, 1.807) is 11.9 Å². The Morgan fingerprint density at radius 1 is 1.33 bits per heavy atom. The van der Waals surface area contributed by atoms with Crippen LogP contribution in [0.25, 0.3) is 0 Å². The first-order valence-electron chi connectivity index (χ1n) is 5.33. The SMILES string of the molecule is CN(CCC(F)(F)F)C1CCCC(O)C1. The van der Waals surface area contributed by atoms with Gasteiger partial charge in [0.1, 0.15) is 0 Å². The summed E-state index contributed by atoms with van der Waals surface area (Å²) in [5.41, 5.74) is 0. The molecule has 5 heteroatoms. The van der Waals surface area contributed by atoms with Gasteiger partial charge in [0.05, 0.1) is 12.5 Å². The lowest BCUT2D eigenvalue weighted by Crippen LogP contribution is -2.39. The predicted octanol–water partition coefficient (Wildman–Crippen LogP) is 2.17. The molecule has 15 heavy (non-hydrogen) atoms. The Balaban J connectivity index is 2.29. The lowest BCUT2D eigenvalue weighted by atomic mass is 9.92. The molecule has 1 rings (SSSR count). The number of rotatable bonds is 3. The van der Waals surface area contributed by atoms with Gasteiger partial charge in [-0.05, 0) is 32.7 Å². The van der Waals surface area contributed by atoms with Crippen molar-refractivity contribution in [1.29, 1.82) is 0 Å². The number of aliphatic hydroxyl groups is 1. The van der Waals surface area contributed by atoms with Crippen LogP contribution in [0.3, 0.4) is 0 Å². The van der Waals surface area contributed by atoms with E-state index in [9.17, 15) is 18.3 Å². The minimum atomic E-state index is -4.08. The van der Waals surface area contributed by atoms with E-state index in [-0.39, 0.29) is 18.7 Å². The highest BCUT2D eigenvalue weighted by atomic mass is 19.4. The predicted molar refractivity (Wildman–Crippen MR) is 51.6 cm³/mol. The van der Waals surface area contributed by atoms with Gasteiger partial charge >= 0.3 is 6.18 Å². The molecule has 90 valence electrons. The maximum atomic E-state index is 12.0. The Hall–Kier alpha value is -0.290. The van der Waals surface area contributed by atoms with E-state index in [2.05, 4.69) is 0 Å². The van der Waals surface area contributed by atoms with Crippen molar-refractivity contribution in [3.8, 4) is 0 Å². The van der Waals surface area contributed by atoms with Gasteiger partial charge in [0.2, 0.25) is 0 Å². The summed E-state index contributed by atoms with van der Waals surface area (Å²) in [5.74, 6) is 0. The van der Waals surface area contributed by atoms with Crippen molar-refractivity contribution in [2.45, 2.75) is 50.4 Å². The third kappa shape index (κ3) is 4.84. The fourth-order valence-electron chi connectivity index (χ4n) is 2.02. The van der Waals surface area contributed by atoms with Crippen LogP contribution in [0.5, 0.6) is 0 Å². The molecule has 0 aromatic heterocycles. The summed E-state index contributed by atoms with van der Waals surface area (Å²) in [4.78, 5) is 1.72. The van der Waals surface area contributed by atoms with Gasteiger partial charge in [-0.2, -0.15) is 13.2 Å². The Bertz CT molecular complexity index is 196. The molecule has 0 amide bonds. The quantitative estimate of drug-likeness (QED) is 0.795. The highest BCUT2D eigenvalue weighted by Gasteiger charge is 2.29. The first-order valence-corrected chi connectivity index (χ1v) is 5.33. The molecular weight excluding hydrogens is 207 g/mol. The Labute approximate surface area is 88.1 Å². The van der Waals surface area contributed by atoms with Crippen LogP contribution in [-0.2, 0) is 0 Å². The molecule has 0 aromatic carbocycles. The number of aliphatic hydroxyl groups excluding tert-OH is 1. The summed E-state index contributed by atoms with van der Waals surface area (Å²) in [6, 6.07) is 0.107. The third-order valence-corrected chi connectivity index (χ3v) is 2.99. The molecular formula is C10H18F3NO. The summed E-state index contributed by atoms with van der Waals surface area (Å²) < 4.78 is 36.0. The Morgan fingerprint density at radius 3 is 2.53 bits per heavy atom. The Morgan fingerprint density at radius 2 is 2.00 bits per heavy atom. The van der Waals surface area contributed by atoms with E-state index in [0.717, 1.165) is 19.3 Å². The smallest absolute Gasteiger partial charge is 0.390 e. The molecule has 0 saturated heterocycles. The van der Waals surface area contributed by atoms with Gasteiger partial charge in [-0.3, -0.25) is 0 Å². The fraction of sp³-hybridized carbons (Fsp3) is 1.00. The van der Waals surface area contributed by atoms with Crippen LogP contribution in [0.1, 0.15) is 32.1 Å². The number of hydrogen-bond acceptors (Lipinski definition) is 2. The highest BCUT2D eigenvalue weighted by molar-refractivity contribution is 4.78. The standard InChI is InChI=1S/C10H18F3NO/c1-14(6-5-10(11,12)13)8-3-2-4-9(15)7-8/h8-9,15H,2-7H2,1H3. The second kappa shape index (κ2) is 5.16. The first kappa shape index (κ1) is 12.8. The maximum Gasteiger partial charge on any atom is 0.390 e. The molecule has 0 aliphatic heterocycles. The van der Waals surface area contributed by atoms with Gasteiger partial charge in [0, 0.05) is 12.6 Å². The van der Waals surface area contributed by atoms with Crippen molar-refractivity contribution in [2.75, 3.05) is 13.6 Å². The molecule has 2 nitrogen and oxygen atoms in total. The van der Waals surface area contributed by atoms with Gasteiger partial charge in [-0.25, -0.2) is 0 Å². The van der Waals surface area contributed by atoms with Gasteiger partial charge in [-0.1, -0.05) is 0 Å². The molecule has 1 fully saturated rings. The van der Waals surface area contributed by atoms with E-state index >= 15 is 0 Å². The maximum absolute atomic E-state index is 12.0. The van der Waals surface area contributed by atoms with Crippen LogP contribution < -0.4 is 0 Å². The van der Waals surface area contributed by atoms with Gasteiger partial charge in [0.25, 0.3) is 0 Å². The largest absolute Gasteiger partial charge is 0.393 e. The van der Waals surface area contributed by atoms with Crippen molar-refractivity contribution in [3.63, 3.8) is 0 Å². The van der Waals surface area contributed by atoms with Crippen LogP contribution in [0.15, 0.2) is 0 Å². The second-order valence-electron chi connectivity index (χ2n) is 4.32. The fourth-order valence-corrected chi connectivity index (χ4v) is 2.02. The van der Waals surface area contributed by atoms with E-state index in [1.165, 1.54) is 0 Å². The molecule has 1 aliphatic rings. The summed E-state index contributed by atoms with van der Waals surface area (Å²) in [7, 11) is 1.70. The molecule has 0 heterocycles. The van der Waals surface area contributed by atoms with Crippen molar-refractivity contribution in [1.82, 2.24) is 4.90 Å². The molecule has 2 atom stereocenters. The molecule has 1 saturated carbocycles. The van der Waals surface area contributed by atoms with Crippen molar-refractivity contribution in [2.24, 2.45) is 0 Å². The van der Waals surface area contributed by atoms with E-state index in [4.69, 9.17) is 0 Å². The summed E-state index contributed by atoms with van der Waals surface area (Å²) in [5, 5.41) is 9.41. The minimum absolute atomic E-state index is 0.0287. The Kier molecular flexibility index (Phi) is 4.40. The van der Waals surface area contributed by atoms with Crippen LogP contribution in [0.2, 0.25) is 0 Å². The van der Waals surface area contributed by atoms with Gasteiger partial charge in [0.15, 0.2) is 0 Å². The zero-order valence-corrected chi connectivity index (χ0v) is 8.93. The normalized spacial score (nSPS) is 28.4. The minimum Gasteiger partial charge on any atom is -0.393 e. The lowest BCUT2D eigenvalue weighted by molar-refractivity contribution is -0.138. The molecule has 0 aromatic rings. The highest BCUT2D eigenvalue weighted by Crippen LogP contribution is 2.24. The van der Waals surface area contributed by atoms with Gasteiger partial charge in [-0.15, -0.1) is 0 Å². The molecule has 2 unspecified atom stereocenters. The molecule has 0 spiro atoms. The zero-order chi connectivity index (χ0) is 11.5. The molecule has 1 aliphatic carbocycles. The lowest BCUT2D eigenvalue weighted by Gasteiger charge is -2.33. The third-order valence-electron chi connectivity index (χ3n) is 2.99. The number of nitrogens with zero attached hydrogens (tertiary/aromatic N) is 1. The number of alkyl halides is 3. The van der Waals surface area contributed by atoms with Crippen molar-refractivity contribution >= 4 is 0 Å². The van der Waals surface area contributed by atoms with Crippen molar-refractivity contribution in [3.05, 3.63) is 0 Å². The average molecular weight is 225 g/mol.